The zero-order valence-electron chi connectivity index (χ0n) is 33.1. The van der Waals surface area contributed by atoms with Crippen LogP contribution in [0.1, 0.15) is 78.8 Å². The van der Waals surface area contributed by atoms with Crippen molar-refractivity contribution in [2.24, 2.45) is 0 Å². The molecule has 5 heterocycles. The molecule has 2 aromatic heterocycles. The van der Waals surface area contributed by atoms with Gasteiger partial charge in [0.1, 0.15) is 30.3 Å². The van der Waals surface area contributed by atoms with E-state index in [0.717, 1.165) is 50.8 Å². The van der Waals surface area contributed by atoms with Crippen molar-refractivity contribution in [3.8, 4) is 22.9 Å². The standard InChI is InChI=1S/C43H49F2N7O5/c1-6-30-34(44)13-10-25-20-29(53)22-33(36(25)30)31-11-12-32-38(26-9-7-18-52-28(19-26)21-35(48-52)40(54)49(2)3)46-41(47-39(32)37(31)45)57-24-43-15-8-17-51(43)27(14-16-43)23-56-42(55)50(4)5/h10-13,20-22,26-27,53H,6-9,14-19,23-24H2,1-5H3/t26?,27-,43+/m0/s1. The van der Waals surface area contributed by atoms with Gasteiger partial charge in [-0.05, 0) is 104 Å². The summed E-state index contributed by atoms with van der Waals surface area (Å²) in [4.78, 5) is 40.2. The molecule has 0 bridgehead atoms. The first-order chi connectivity index (χ1) is 27.4. The zero-order chi connectivity index (χ0) is 40.2. The summed E-state index contributed by atoms with van der Waals surface area (Å²) >= 11 is 0. The number of aromatic hydroxyl groups is 1. The van der Waals surface area contributed by atoms with E-state index in [1.807, 2.05) is 23.7 Å². The Morgan fingerprint density at radius 2 is 1.79 bits per heavy atom. The smallest absolute Gasteiger partial charge is 0.409 e. The molecular weight excluding hydrogens is 733 g/mol. The number of ether oxygens (including phenoxy) is 2. The number of hydrogen-bond acceptors (Lipinski definition) is 9. The first-order valence-electron chi connectivity index (χ1n) is 19.8. The van der Waals surface area contributed by atoms with Crippen molar-refractivity contribution >= 4 is 33.7 Å². The van der Waals surface area contributed by atoms with Crippen LogP contribution in [0.5, 0.6) is 11.8 Å². The van der Waals surface area contributed by atoms with Crippen LogP contribution in [0.25, 0.3) is 32.8 Å². The Kier molecular flexibility index (Phi) is 10.3. The number of halogens is 2. The van der Waals surface area contributed by atoms with E-state index in [-0.39, 0.29) is 65.6 Å². The molecule has 2 amide bonds. The maximum atomic E-state index is 17.3. The van der Waals surface area contributed by atoms with Crippen LogP contribution in [0.2, 0.25) is 0 Å². The van der Waals surface area contributed by atoms with E-state index < -0.39 is 11.6 Å². The number of aromatic nitrogens is 4. The maximum Gasteiger partial charge on any atom is 0.409 e. The lowest BCUT2D eigenvalue weighted by Gasteiger charge is -2.34. The minimum absolute atomic E-state index is 0.0551. The molecule has 57 heavy (non-hydrogen) atoms. The van der Waals surface area contributed by atoms with Gasteiger partial charge in [-0.25, -0.2) is 13.6 Å². The first kappa shape index (κ1) is 38.5. The van der Waals surface area contributed by atoms with Crippen molar-refractivity contribution in [1.82, 2.24) is 34.4 Å². The topological polar surface area (TPSA) is 126 Å². The monoisotopic (exact) mass is 781 g/mol. The van der Waals surface area contributed by atoms with Crippen LogP contribution in [-0.4, -0.2) is 111 Å². The molecule has 3 aliphatic heterocycles. The van der Waals surface area contributed by atoms with Crippen molar-refractivity contribution in [3.63, 3.8) is 0 Å². The summed E-state index contributed by atoms with van der Waals surface area (Å²) in [6.07, 6.45) is 5.56. The van der Waals surface area contributed by atoms with E-state index in [0.29, 0.717) is 58.1 Å². The van der Waals surface area contributed by atoms with Gasteiger partial charge in [-0.15, -0.1) is 0 Å². The first-order valence-corrected chi connectivity index (χ1v) is 19.8. The summed E-state index contributed by atoms with van der Waals surface area (Å²) in [5, 5.41) is 17.1. The molecule has 1 unspecified atom stereocenters. The van der Waals surface area contributed by atoms with Gasteiger partial charge >= 0.3 is 12.1 Å². The third-order valence-electron chi connectivity index (χ3n) is 12.1. The van der Waals surface area contributed by atoms with Gasteiger partial charge in [-0.2, -0.15) is 15.1 Å². The van der Waals surface area contributed by atoms with Gasteiger partial charge in [0.25, 0.3) is 5.91 Å². The van der Waals surface area contributed by atoms with Crippen LogP contribution in [0.3, 0.4) is 0 Å². The van der Waals surface area contributed by atoms with E-state index in [4.69, 9.17) is 19.4 Å². The third-order valence-corrected chi connectivity index (χ3v) is 12.1. The van der Waals surface area contributed by atoms with Gasteiger partial charge in [-0.3, -0.25) is 14.4 Å². The summed E-state index contributed by atoms with van der Waals surface area (Å²) in [7, 11) is 6.72. The van der Waals surface area contributed by atoms with Crippen molar-refractivity contribution in [2.75, 3.05) is 47.9 Å². The predicted octanol–water partition coefficient (Wildman–Crippen LogP) is 7.09. The fourth-order valence-corrected chi connectivity index (χ4v) is 9.31. The summed E-state index contributed by atoms with van der Waals surface area (Å²) in [5.41, 5.74) is 2.64. The Morgan fingerprint density at radius 3 is 2.56 bits per heavy atom. The normalized spacial score (nSPS) is 20.7. The molecule has 0 spiro atoms. The maximum absolute atomic E-state index is 17.3. The number of amides is 2. The average Bonchev–Trinajstić information content (AvgIpc) is 3.85. The fraction of sp³-hybridized carbons (Fsp3) is 0.465. The highest BCUT2D eigenvalue weighted by molar-refractivity contribution is 6.02. The molecule has 1 N–H and O–H groups in total. The highest BCUT2D eigenvalue weighted by Gasteiger charge is 2.50. The quantitative estimate of drug-likeness (QED) is 0.167. The summed E-state index contributed by atoms with van der Waals surface area (Å²) < 4.78 is 46.6. The van der Waals surface area contributed by atoms with E-state index in [9.17, 15) is 14.7 Å². The molecule has 0 aliphatic carbocycles. The summed E-state index contributed by atoms with van der Waals surface area (Å²) in [6, 6.07) is 11.4. The number of hydrogen-bond donors (Lipinski definition) is 1. The van der Waals surface area contributed by atoms with Crippen LogP contribution in [0.15, 0.2) is 42.5 Å². The number of fused-ring (bicyclic) bond motifs is 4. The van der Waals surface area contributed by atoms with Gasteiger partial charge in [0.15, 0.2) is 11.5 Å². The number of phenols is 1. The van der Waals surface area contributed by atoms with Crippen LogP contribution >= 0.6 is 0 Å². The molecular formula is C43H49F2N7O5. The number of phenolic OH excluding ortho intramolecular Hbond substituents is 1. The van der Waals surface area contributed by atoms with E-state index in [2.05, 4.69) is 10.00 Å². The van der Waals surface area contributed by atoms with E-state index in [1.165, 1.54) is 21.9 Å². The highest BCUT2D eigenvalue weighted by Crippen LogP contribution is 2.44. The van der Waals surface area contributed by atoms with Gasteiger partial charge < -0.3 is 24.4 Å². The molecule has 0 saturated carbocycles. The van der Waals surface area contributed by atoms with E-state index in [1.54, 1.807) is 46.4 Å². The van der Waals surface area contributed by atoms with Crippen molar-refractivity contribution < 1.29 is 33.0 Å². The lowest BCUT2D eigenvalue weighted by atomic mass is 9.89. The Labute approximate surface area is 330 Å². The van der Waals surface area contributed by atoms with Gasteiger partial charge in [0.05, 0.1) is 11.2 Å². The van der Waals surface area contributed by atoms with Crippen molar-refractivity contribution in [3.05, 3.63) is 76.7 Å². The molecule has 3 atom stereocenters. The number of carbonyl (C=O) groups excluding carboxylic acids is 2. The molecule has 2 fully saturated rings. The highest BCUT2D eigenvalue weighted by atomic mass is 19.1. The molecule has 300 valence electrons. The average molecular weight is 782 g/mol. The number of carbonyl (C=O) groups is 2. The second-order valence-corrected chi connectivity index (χ2v) is 16.1. The van der Waals surface area contributed by atoms with Crippen LogP contribution in [0.4, 0.5) is 13.6 Å². The number of nitrogens with zero attached hydrogens (tertiary/aromatic N) is 7. The van der Waals surface area contributed by atoms with Crippen molar-refractivity contribution in [1.29, 1.82) is 0 Å². The minimum Gasteiger partial charge on any atom is -0.508 e. The van der Waals surface area contributed by atoms with Crippen LogP contribution in [0, 0.1) is 11.6 Å². The van der Waals surface area contributed by atoms with Gasteiger partial charge in [0.2, 0.25) is 0 Å². The summed E-state index contributed by atoms with van der Waals surface area (Å²) in [6.45, 7) is 3.89. The van der Waals surface area contributed by atoms with E-state index >= 15 is 8.78 Å². The molecule has 0 radical (unpaired) electrons. The number of benzene rings is 3. The second kappa shape index (κ2) is 15.2. The predicted molar refractivity (Wildman–Crippen MR) is 212 cm³/mol. The SMILES string of the molecule is CCc1c(F)ccc2cc(O)cc(-c3ccc4c(C5CCCn6nc(C(=O)N(C)C)cc6C5)nc(OC[C@]56CCCN5[C@H](COC(=O)N(C)C)CC6)nc4c3F)c12. The zero-order valence-corrected chi connectivity index (χ0v) is 33.1. The molecule has 8 rings (SSSR count). The summed E-state index contributed by atoms with van der Waals surface area (Å²) in [5.74, 6) is -1.44. The molecule has 2 saturated heterocycles. The Hall–Kier alpha value is -5.37. The molecule has 3 aromatic carbocycles. The second-order valence-electron chi connectivity index (χ2n) is 16.1. The molecule has 3 aliphatic rings. The van der Waals surface area contributed by atoms with Crippen LogP contribution < -0.4 is 4.74 Å². The third kappa shape index (κ3) is 7.02. The molecule has 12 nitrogen and oxygen atoms in total. The molecule has 5 aromatic rings. The molecule has 14 heteroatoms. The number of aryl methyl sites for hydroxylation is 2. The van der Waals surface area contributed by atoms with Crippen LogP contribution in [-0.2, 0) is 24.1 Å². The lowest BCUT2D eigenvalue weighted by molar-refractivity contribution is 0.0483. The van der Waals surface area contributed by atoms with Crippen molar-refractivity contribution in [2.45, 2.75) is 82.3 Å². The number of rotatable bonds is 9. The van der Waals surface area contributed by atoms with Gasteiger partial charge in [-0.1, -0.05) is 25.1 Å². The minimum atomic E-state index is -0.624. The Morgan fingerprint density at radius 1 is 0.965 bits per heavy atom. The largest absolute Gasteiger partial charge is 0.508 e. The fourth-order valence-electron chi connectivity index (χ4n) is 9.31. The van der Waals surface area contributed by atoms with Gasteiger partial charge in [0, 0.05) is 63.3 Å². The Bertz CT molecular complexity index is 2380. The Balaban J connectivity index is 1.21. The lowest BCUT2D eigenvalue weighted by Crippen LogP contribution is -2.48.